The summed E-state index contributed by atoms with van der Waals surface area (Å²) in [5.41, 5.74) is 0.469. The van der Waals surface area contributed by atoms with E-state index in [1.54, 1.807) is 44.4 Å². The molecule has 1 amide bonds. The summed E-state index contributed by atoms with van der Waals surface area (Å²) in [5.74, 6) is -0.604. The Hall–Kier alpha value is -1.69. The van der Waals surface area contributed by atoms with Crippen LogP contribution in [0.2, 0.25) is 0 Å². The smallest absolute Gasteiger partial charge is 0.307 e. The standard InChI is InChI=1S/C14H19NO4S/c1-10(2)19-13(16)8-9-15-14(17)11-4-6-12(7-5-11)20(3)18/h4-7,10H,8-9H2,1-3H3,(H,15,17). The number of nitrogens with one attached hydrogen (secondary N) is 1. The SMILES string of the molecule is CC(C)OC(=O)CCNC(=O)c1ccc(S(C)=O)cc1. The third-order valence-corrected chi connectivity index (χ3v) is 3.37. The molecule has 1 atom stereocenters. The molecule has 0 aliphatic heterocycles. The van der Waals surface area contributed by atoms with Gasteiger partial charge in [0.1, 0.15) is 0 Å². The summed E-state index contributed by atoms with van der Waals surface area (Å²) in [4.78, 5) is 23.7. The van der Waals surface area contributed by atoms with Crippen LogP contribution in [0, 0.1) is 0 Å². The summed E-state index contributed by atoms with van der Waals surface area (Å²) in [6.07, 6.45) is 1.57. The third-order valence-electron chi connectivity index (χ3n) is 2.43. The highest BCUT2D eigenvalue weighted by Crippen LogP contribution is 2.07. The minimum atomic E-state index is -1.06. The molecule has 0 spiro atoms. The molecule has 0 aromatic heterocycles. The highest BCUT2D eigenvalue weighted by atomic mass is 32.2. The highest BCUT2D eigenvalue weighted by molar-refractivity contribution is 7.84. The molecule has 0 heterocycles. The van der Waals surface area contributed by atoms with Crippen LogP contribution < -0.4 is 5.32 Å². The maximum atomic E-state index is 11.8. The van der Waals surface area contributed by atoms with E-state index in [4.69, 9.17) is 4.74 Å². The molecule has 5 nitrogen and oxygen atoms in total. The number of ether oxygens (including phenoxy) is 1. The Labute approximate surface area is 121 Å². The first-order chi connectivity index (χ1) is 9.40. The minimum absolute atomic E-state index is 0.140. The number of benzene rings is 1. The first-order valence-corrected chi connectivity index (χ1v) is 7.87. The van der Waals surface area contributed by atoms with Crippen LogP contribution in [0.1, 0.15) is 30.6 Å². The van der Waals surface area contributed by atoms with E-state index >= 15 is 0 Å². The van der Waals surface area contributed by atoms with E-state index < -0.39 is 10.8 Å². The van der Waals surface area contributed by atoms with Crippen molar-refractivity contribution in [2.24, 2.45) is 0 Å². The minimum Gasteiger partial charge on any atom is -0.463 e. The first-order valence-electron chi connectivity index (χ1n) is 6.31. The van der Waals surface area contributed by atoms with Crippen LogP contribution in [0.3, 0.4) is 0 Å². The lowest BCUT2D eigenvalue weighted by atomic mass is 10.2. The van der Waals surface area contributed by atoms with Crippen LogP contribution >= 0.6 is 0 Å². The molecule has 0 radical (unpaired) electrons. The van der Waals surface area contributed by atoms with Gasteiger partial charge in [-0.1, -0.05) is 0 Å². The molecule has 0 aliphatic rings. The second kappa shape index (κ2) is 7.79. The van der Waals surface area contributed by atoms with Gasteiger partial charge in [-0.3, -0.25) is 13.8 Å². The summed E-state index contributed by atoms with van der Waals surface area (Å²) in [6.45, 7) is 3.78. The van der Waals surface area contributed by atoms with Crippen molar-refractivity contribution in [2.75, 3.05) is 12.8 Å². The zero-order valence-electron chi connectivity index (χ0n) is 11.8. The highest BCUT2D eigenvalue weighted by Gasteiger charge is 2.09. The number of rotatable bonds is 6. The monoisotopic (exact) mass is 297 g/mol. The molecule has 1 aromatic carbocycles. The average Bonchev–Trinajstić information content (AvgIpc) is 2.37. The van der Waals surface area contributed by atoms with Crippen LogP contribution in [0.25, 0.3) is 0 Å². The van der Waals surface area contributed by atoms with Crippen LogP contribution in [-0.4, -0.2) is 35.0 Å². The van der Waals surface area contributed by atoms with E-state index in [2.05, 4.69) is 5.32 Å². The molecule has 0 fully saturated rings. The van der Waals surface area contributed by atoms with E-state index in [0.717, 1.165) is 0 Å². The number of amides is 1. The summed E-state index contributed by atoms with van der Waals surface area (Å²) in [5, 5.41) is 2.64. The fourth-order valence-corrected chi connectivity index (χ4v) is 2.02. The predicted molar refractivity (Wildman–Crippen MR) is 77.0 cm³/mol. The Kier molecular flexibility index (Phi) is 6.38. The van der Waals surface area contributed by atoms with Crippen LogP contribution in [0.5, 0.6) is 0 Å². The van der Waals surface area contributed by atoms with Gasteiger partial charge in [0, 0.05) is 34.1 Å². The fraction of sp³-hybridized carbons (Fsp3) is 0.429. The Morgan fingerprint density at radius 3 is 2.35 bits per heavy atom. The van der Waals surface area contributed by atoms with Gasteiger partial charge in [-0.2, -0.15) is 0 Å². The van der Waals surface area contributed by atoms with Crippen LogP contribution in [-0.2, 0) is 20.3 Å². The molecule has 0 aliphatic carbocycles. The number of esters is 1. The molecular weight excluding hydrogens is 278 g/mol. The van der Waals surface area contributed by atoms with Crippen molar-refractivity contribution >= 4 is 22.7 Å². The van der Waals surface area contributed by atoms with Crippen molar-refractivity contribution in [3.8, 4) is 0 Å². The lowest BCUT2D eigenvalue weighted by Gasteiger charge is -2.08. The molecule has 1 unspecified atom stereocenters. The topological polar surface area (TPSA) is 72.5 Å². The van der Waals surface area contributed by atoms with Crippen molar-refractivity contribution in [3.05, 3.63) is 29.8 Å². The molecule has 0 bridgehead atoms. The molecule has 0 saturated carbocycles. The molecule has 110 valence electrons. The quantitative estimate of drug-likeness (QED) is 0.808. The second-order valence-corrected chi connectivity index (χ2v) is 5.90. The predicted octanol–water partition coefficient (Wildman–Crippen LogP) is 1.50. The molecule has 20 heavy (non-hydrogen) atoms. The van der Waals surface area contributed by atoms with Gasteiger partial charge in [0.2, 0.25) is 0 Å². The van der Waals surface area contributed by atoms with Gasteiger partial charge >= 0.3 is 5.97 Å². The Bertz CT molecular complexity index is 496. The van der Waals surface area contributed by atoms with Crippen molar-refractivity contribution in [1.29, 1.82) is 0 Å². The number of hydrogen-bond donors (Lipinski definition) is 1. The zero-order chi connectivity index (χ0) is 15.1. The number of carbonyl (C=O) groups is 2. The lowest BCUT2D eigenvalue weighted by molar-refractivity contribution is -0.147. The van der Waals surface area contributed by atoms with Gasteiger partial charge < -0.3 is 10.1 Å². The fourth-order valence-electron chi connectivity index (χ4n) is 1.50. The molecule has 1 aromatic rings. The molecule has 6 heteroatoms. The lowest BCUT2D eigenvalue weighted by Crippen LogP contribution is -2.27. The van der Waals surface area contributed by atoms with E-state index in [0.29, 0.717) is 10.5 Å². The summed E-state index contributed by atoms with van der Waals surface area (Å²) in [7, 11) is -1.06. The Balaban J connectivity index is 2.43. The summed E-state index contributed by atoms with van der Waals surface area (Å²) < 4.78 is 16.2. The van der Waals surface area contributed by atoms with Crippen LogP contribution in [0.4, 0.5) is 0 Å². The van der Waals surface area contributed by atoms with E-state index in [-0.39, 0.29) is 30.9 Å². The number of hydrogen-bond acceptors (Lipinski definition) is 4. The van der Waals surface area contributed by atoms with Crippen molar-refractivity contribution < 1.29 is 18.5 Å². The van der Waals surface area contributed by atoms with Crippen molar-refractivity contribution in [2.45, 2.75) is 31.3 Å². The van der Waals surface area contributed by atoms with Gasteiger partial charge in [-0.05, 0) is 38.1 Å². The Morgan fingerprint density at radius 2 is 1.85 bits per heavy atom. The molecule has 0 saturated heterocycles. The molecule has 1 N–H and O–H groups in total. The van der Waals surface area contributed by atoms with Gasteiger partial charge in [-0.25, -0.2) is 0 Å². The van der Waals surface area contributed by atoms with Crippen molar-refractivity contribution in [3.63, 3.8) is 0 Å². The van der Waals surface area contributed by atoms with Gasteiger partial charge in [0.15, 0.2) is 0 Å². The first kappa shape index (κ1) is 16.4. The largest absolute Gasteiger partial charge is 0.463 e. The van der Waals surface area contributed by atoms with E-state index in [9.17, 15) is 13.8 Å². The second-order valence-electron chi connectivity index (χ2n) is 4.52. The van der Waals surface area contributed by atoms with E-state index in [1.807, 2.05) is 0 Å². The van der Waals surface area contributed by atoms with Gasteiger partial charge in [-0.15, -0.1) is 0 Å². The maximum absolute atomic E-state index is 11.8. The molecular formula is C14H19NO4S. The zero-order valence-corrected chi connectivity index (χ0v) is 12.7. The van der Waals surface area contributed by atoms with Gasteiger partial charge in [0.05, 0.1) is 12.5 Å². The summed E-state index contributed by atoms with van der Waals surface area (Å²) >= 11 is 0. The normalized spacial score (nSPS) is 12.0. The van der Waals surface area contributed by atoms with Gasteiger partial charge in [0.25, 0.3) is 5.91 Å². The van der Waals surface area contributed by atoms with Crippen molar-refractivity contribution in [1.82, 2.24) is 5.32 Å². The molecule has 1 rings (SSSR count). The summed E-state index contributed by atoms with van der Waals surface area (Å²) in [6, 6.07) is 6.52. The third kappa shape index (κ3) is 5.52. The average molecular weight is 297 g/mol. The van der Waals surface area contributed by atoms with Crippen LogP contribution in [0.15, 0.2) is 29.2 Å². The maximum Gasteiger partial charge on any atom is 0.307 e. The van der Waals surface area contributed by atoms with E-state index in [1.165, 1.54) is 0 Å². The number of carbonyl (C=O) groups excluding carboxylic acids is 2. The Morgan fingerprint density at radius 1 is 1.25 bits per heavy atom.